The first-order valence-electron chi connectivity index (χ1n) is 11.3. The SMILES string of the molecule is COC(=O)c1c(OCc2ccncc2)cc(=O)n2c1CCN(C(=O)C(OC)c1ccccc1)CC2. The summed E-state index contributed by atoms with van der Waals surface area (Å²) in [5.41, 5.74) is 1.97. The highest BCUT2D eigenvalue weighted by Gasteiger charge is 2.30. The van der Waals surface area contributed by atoms with E-state index in [2.05, 4.69) is 4.98 Å². The highest BCUT2D eigenvalue weighted by Crippen LogP contribution is 2.26. The summed E-state index contributed by atoms with van der Waals surface area (Å²) in [6.45, 7) is 1.01. The van der Waals surface area contributed by atoms with E-state index in [1.165, 1.54) is 24.9 Å². The van der Waals surface area contributed by atoms with E-state index in [4.69, 9.17) is 14.2 Å². The van der Waals surface area contributed by atoms with E-state index in [1.54, 1.807) is 29.4 Å². The first-order valence-corrected chi connectivity index (χ1v) is 11.3. The minimum absolute atomic E-state index is 0.156. The smallest absolute Gasteiger partial charge is 0.343 e. The second-order valence-electron chi connectivity index (χ2n) is 8.06. The lowest BCUT2D eigenvalue weighted by atomic mass is 10.1. The van der Waals surface area contributed by atoms with Gasteiger partial charge in [0.05, 0.1) is 7.11 Å². The lowest BCUT2D eigenvalue weighted by Gasteiger charge is -2.25. The number of amides is 1. The number of hydrogen-bond donors (Lipinski definition) is 0. The summed E-state index contributed by atoms with van der Waals surface area (Å²) in [5, 5.41) is 0. The molecule has 1 unspecified atom stereocenters. The summed E-state index contributed by atoms with van der Waals surface area (Å²) in [7, 11) is 2.78. The van der Waals surface area contributed by atoms with E-state index in [1.807, 2.05) is 30.3 Å². The van der Waals surface area contributed by atoms with E-state index in [9.17, 15) is 14.4 Å². The fourth-order valence-corrected chi connectivity index (χ4v) is 4.22. The van der Waals surface area contributed by atoms with Gasteiger partial charge >= 0.3 is 5.97 Å². The van der Waals surface area contributed by atoms with E-state index >= 15 is 0 Å². The summed E-state index contributed by atoms with van der Waals surface area (Å²) in [6, 6.07) is 14.1. The number of rotatable bonds is 7. The van der Waals surface area contributed by atoms with Crippen LogP contribution in [0, 0.1) is 0 Å². The minimum Gasteiger partial charge on any atom is -0.488 e. The minimum atomic E-state index is -0.756. The van der Waals surface area contributed by atoms with Gasteiger partial charge in [0.1, 0.15) is 17.9 Å². The molecule has 4 rings (SSSR count). The molecule has 1 aliphatic rings. The first kappa shape index (κ1) is 24.2. The van der Waals surface area contributed by atoms with Crippen molar-refractivity contribution < 1.29 is 23.8 Å². The molecule has 1 aliphatic heterocycles. The Morgan fingerprint density at radius 2 is 1.77 bits per heavy atom. The normalized spacial score (nSPS) is 13.9. The molecular formula is C26H27N3O6. The van der Waals surface area contributed by atoms with Gasteiger partial charge in [-0.15, -0.1) is 0 Å². The maximum atomic E-state index is 13.3. The molecule has 35 heavy (non-hydrogen) atoms. The maximum absolute atomic E-state index is 13.3. The topological polar surface area (TPSA) is 100.0 Å². The zero-order chi connectivity index (χ0) is 24.8. The molecule has 1 aromatic carbocycles. The lowest BCUT2D eigenvalue weighted by Crippen LogP contribution is -2.38. The van der Waals surface area contributed by atoms with Crippen LogP contribution in [0.25, 0.3) is 0 Å². The van der Waals surface area contributed by atoms with Crippen LogP contribution in [0.2, 0.25) is 0 Å². The Morgan fingerprint density at radius 3 is 2.46 bits per heavy atom. The molecule has 1 atom stereocenters. The molecule has 0 spiro atoms. The van der Waals surface area contributed by atoms with E-state index in [0.29, 0.717) is 18.8 Å². The lowest BCUT2D eigenvalue weighted by molar-refractivity contribution is -0.142. The predicted octanol–water partition coefficient (Wildman–Crippen LogP) is 2.38. The second kappa shape index (κ2) is 11.0. The number of hydrogen-bond acceptors (Lipinski definition) is 7. The van der Waals surface area contributed by atoms with E-state index < -0.39 is 12.1 Å². The summed E-state index contributed by atoms with van der Waals surface area (Å²) in [4.78, 5) is 44.7. The number of carbonyl (C=O) groups is 2. The van der Waals surface area contributed by atoms with Crippen molar-refractivity contribution in [2.75, 3.05) is 27.3 Å². The number of ether oxygens (including phenoxy) is 3. The monoisotopic (exact) mass is 477 g/mol. The van der Waals surface area contributed by atoms with Crippen LogP contribution in [0.5, 0.6) is 5.75 Å². The number of nitrogens with zero attached hydrogens (tertiary/aromatic N) is 3. The van der Waals surface area contributed by atoms with Crippen LogP contribution in [0.15, 0.2) is 65.7 Å². The molecule has 182 valence electrons. The van der Waals surface area contributed by atoms with Gasteiger partial charge in [0.2, 0.25) is 0 Å². The van der Waals surface area contributed by atoms with Crippen molar-refractivity contribution >= 4 is 11.9 Å². The number of benzene rings is 1. The average molecular weight is 478 g/mol. The van der Waals surface area contributed by atoms with E-state index in [-0.39, 0.29) is 42.4 Å². The number of fused-ring (bicyclic) bond motifs is 1. The van der Waals surface area contributed by atoms with Crippen molar-refractivity contribution in [2.45, 2.75) is 25.7 Å². The molecule has 9 heteroatoms. The molecule has 0 aliphatic carbocycles. The van der Waals surface area contributed by atoms with Crippen molar-refractivity contribution in [3.05, 3.63) is 93.7 Å². The summed E-state index contributed by atoms with van der Waals surface area (Å²) >= 11 is 0. The third-order valence-electron chi connectivity index (χ3n) is 6.00. The number of esters is 1. The van der Waals surface area contributed by atoms with Crippen molar-refractivity contribution in [3.63, 3.8) is 0 Å². The van der Waals surface area contributed by atoms with Gasteiger partial charge in [0.15, 0.2) is 6.10 Å². The van der Waals surface area contributed by atoms with Gasteiger partial charge in [-0.05, 0) is 23.3 Å². The van der Waals surface area contributed by atoms with Gasteiger partial charge in [-0.2, -0.15) is 0 Å². The molecule has 0 saturated carbocycles. The summed E-state index contributed by atoms with van der Waals surface area (Å²) in [5.74, 6) is -0.644. The number of aromatic nitrogens is 2. The zero-order valence-corrected chi connectivity index (χ0v) is 19.7. The molecule has 2 aromatic heterocycles. The van der Waals surface area contributed by atoms with Gasteiger partial charge in [0.25, 0.3) is 11.5 Å². The fraction of sp³-hybridized carbons (Fsp3) is 0.308. The molecule has 0 fully saturated rings. The van der Waals surface area contributed by atoms with Crippen molar-refractivity contribution in [1.82, 2.24) is 14.5 Å². The Morgan fingerprint density at radius 1 is 1.03 bits per heavy atom. The molecule has 3 heterocycles. The Bertz CT molecular complexity index is 1240. The van der Waals surface area contributed by atoms with Gasteiger partial charge in [-0.3, -0.25) is 14.6 Å². The quantitative estimate of drug-likeness (QED) is 0.482. The van der Waals surface area contributed by atoms with Crippen LogP contribution in [-0.4, -0.2) is 53.6 Å². The van der Waals surface area contributed by atoms with Crippen LogP contribution in [0.1, 0.15) is 33.3 Å². The van der Waals surface area contributed by atoms with Crippen molar-refractivity contribution in [2.24, 2.45) is 0 Å². The maximum Gasteiger partial charge on any atom is 0.343 e. The van der Waals surface area contributed by atoms with Crippen LogP contribution in [0.4, 0.5) is 0 Å². The Labute approximate surface area is 202 Å². The van der Waals surface area contributed by atoms with Gasteiger partial charge < -0.3 is 23.7 Å². The molecule has 0 bridgehead atoms. The highest BCUT2D eigenvalue weighted by molar-refractivity contribution is 5.93. The average Bonchev–Trinajstić information content (AvgIpc) is 3.12. The van der Waals surface area contributed by atoms with Gasteiger partial charge in [-0.25, -0.2) is 4.79 Å². The molecule has 3 aromatic rings. The van der Waals surface area contributed by atoms with Crippen LogP contribution < -0.4 is 10.3 Å². The first-order chi connectivity index (χ1) is 17.0. The third kappa shape index (κ3) is 5.25. The third-order valence-corrected chi connectivity index (χ3v) is 6.00. The Hall–Kier alpha value is -3.98. The Balaban J connectivity index is 1.62. The molecule has 0 saturated heterocycles. The molecule has 9 nitrogen and oxygen atoms in total. The standard InChI is InChI=1S/C26H27N3O6/c1-33-24(19-6-4-3-5-7-19)25(31)28-13-10-20-23(26(32)34-2)21(16-22(30)29(20)15-14-28)35-17-18-8-11-27-12-9-18/h3-9,11-12,16,24H,10,13-15,17H2,1-2H3. The number of carbonyl (C=O) groups excluding carboxylic acids is 2. The number of methoxy groups -OCH3 is 2. The molecular weight excluding hydrogens is 450 g/mol. The van der Waals surface area contributed by atoms with Crippen molar-refractivity contribution in [3.8, 4) is 5.75 Å². The zero-order valence-electron chi connectivity index (χ0n) is 19.7. The largest absolute Gasteiger partial charge is 0.488 e. The highest BCUT2D eigenvalue weighted by atomic mass is 16.5. The summed E-state index contributed by atoms with van der Waals surface area (Å²) in [6.07, 6.45) is 2.80. The van der Waals surface area contributed by atoms with Gasteiger partial charge in [-0.1, -0.05) is 30.3 Å². The van der Waals surface area contributed by atoms with Gasteiger partial charge in [0, 0.05) is 57.3 Å². The van der Waals surface area contributed by atoms with Crippen LogP contribution in [0.3, 0.4) is 0 Å². The number of pyridine rings is 2. The van der Waals surface area contributed by atoms with Crippen LogP contribution in [-0.2, 0) is 33.8 Å². The summed E-state index contributed by atoms with van der Waals surface area (Å²) < 4.78 is 17.9. The van der Waals surface area contributed by atoms with Crippen LogP contribution >= 0.6 is 0 Å². The molecule has 0 radical (unpaired) electrons. The predicted molar refractivity (Wildman–Crippen MR) is 127 cm³/mol. The van der Waals surface area contributed by atoms with Crippen molar-refractivity contribution in [1.29, 1.82) is 0 Å². The molecule has 1 amide bonds. The second-order valence-corrected chi connectivity index (χ2v) is 8.06. The van der Waals surface area contributed by atoms with E-state index in [0.717, 1.165) is 11.1 Å². The molecule has 0 N–H and O–H groups in total. The fourth-order valence-electron chi connectivity index (χ4n) is 4.22. The Kier molecular flexibility index (Phi) is 7.57.